The van der Waals surface area contributed by atoms with Crippen LogP contribution in [0.2, 0.25) is 0 Å². The molecular weight excluding hydrogens is 386 g/mol. The minimum absolute atomic E-state index is 0.00157. The number of benzene rings is 1. The topological polar surface area (TPSA) is 69.7 Å². The second-order valence-electron chi connectivity index (χ2n) is 8.87. The third kappa shape index (κ3) is 6.52. The number of carbonyl (C=O) groups is 1. The Hall–Kier alpha value is -1.44. The van der Waals surface area contributed by atoms with Crippen LogP contribution in [0.5, 0.6) is 0 Å². The molecule has 0 unspecified atom stereocenters. The van der Waals surface area contributed by atoms with Crippen molar-refractivity contribution in [3.63, 3.8) is 0 Å². The summed E-state index contributed by atoms with van der Waals surface area (Å²) < 4.78 is 26.4. The number of hydrogen-bond donors (Lipinski definition) is 1. The molecule has 0 bridgehead atoms. The molecule has 29 heavy (non-hydrogen) atoms. The van der Waals surface area contributed by atoms with Crippen LogP contribution in [0.15, 0.2) is 24.3 Å². The number of nitrogens with one attached hydrogen (secondary N) is 1. The summed E-state index contributed by atoms with van der Waals surface area (Å²) in [6.07, 6.45) is 4.13. The number of nitrogens with zero attached hydrogens (tertiary/aromatic N) is 2. The second-order valence-corrected chi connectivity index (χ2v) is 10.8. The SMILES string of the molecule is C[C@@H]1C[C@H](C)CN(CCCNC(=O)c2ccc(CS(=O)(=O)N3CCCC3)cc2)C1. The fraction of sp³-hybridized carbons (Fsp3) is 0.682. The quantitative estimate of drug-likeness (QED) is 0.655. The third-order valence-electron chi connectivity index (χ3n) is 5.90. The summed E-state index contributed by atoms with van der Waals surface area (Å²) in [6.45, 7) is 9.84. The zero-order valence-electron chi connectivity index (χ0n) is 17.8. The maximum absolute atomic E-state index is 12.4. The molecule has 7 heteroatoms. The Bertz CT molecular complexity index is 763. The molecule has 162 valence electrons. The first kappa shape index (κ1) is 22.2. The molecule has 2 saturated heterocycles. The maximum atomic E-state index is 12.4. The number of carbonyl (C=O) groups excluding carboxylic acids is 1. The summed E-state index contributed by atoms with van der Waals surface area (Å²) in [5, 5.41) is 2.98. The van der Waals surface area contributed by atoms with Crippen LogP contribution in [0.3, 0.4) is 0 Å². The molecule has 1 aromatic rings. The van der Waals surface area contributed by atoms with E-state index in [1.807, 2.05) is 0 Å². The predicted molar refractivity (Wildman–Crippen MR) is 116 cm³/mol. The molecule has 0 radical (unpaired) electrons. The van der Waals surface area contributed by atoms with Gasteiger partial charge < -0.3 is 10.2 Å². The number of sulfonamides is 1. The summed E-state index contributed by atoms with van der Waals surface area (Å²) in [5.74, 6) is 1.41. The molecule has 0 spiro atoms. The molecule has 1 aromatic carbocycles. The summed E-state index contributed by atoms with van der Waals surface area (Å²) in [7, 11) is -3.25. The van der Waals surface area contributed by atoms with Gasteiger partial charge in [-0.25, -0.2) is 12.7 Å². The Morgan fingerprint density at radius 1 is 1.07 bits per heavy atom. The summed E-state index contributed by atoms with van der Waals surface area (Å²) in [5.41, 5.74) is 1.30. The molecule has 2 aliphatic heterocycles. The fourth-order valence-electron chi connectivity index (χ4n) is 4.60. The van der Waals surface area contributed by atoms with Crippen molar-refractivity contribution in [2.45, 2.75) is 45.3 Å². The minimum atomic E-state index is -3.25. The van der Waals surface area contributed by atoms with Crippen LogP contribution in [0, 0.1) is 11.8 Å². The van der Waals surface area contributed by atoms with Gasteiger partial charge in [0.1, 0.15) is 0 Å². The first-order valence-electron chi connectivity index (χ1n) is 10.9. The van der Waals surface area contributed by atoms with Crippen molar-refractivity contribution in [3.8, 4) is 0 Å². The summed E-state index contributed by atoms with van der Waals surface area (Å²) in [6, 6.07) is 6.94. The van der Waals surface area contributed by atoms with E-state index < -0.39 is 10.0 Å². The van der Waals surface area contributed by atoms with E-state index in [0.717, 1.165) is 56.3 Å². The molecule has 2 heterocycles. The number of rotatable bonds is 8. The van der Waals surface area contributed by atoms with Gasteiger partial charge in [-0.2, -0.15) is 0 Å². The van der Waals surface area contributed by atoms with Gasteiger partial charge in [-0.1, -0.05) is 26.0 Å². The molecule has 6 nitrogen and oxygen atoms in total. The van der Waals surface area contributed by atoms with Crippen molar-refractivity contribution in [3.05, 3.63) is 35.4 Å². The Labute approximate surface area is 175 Å². The Morgan fingerprint density at radius 3 is 2.31 bits per heavy atom. The van der Waals surface area contributed by atoms with Crippen LogP contribution < -0.4 is 5.32 Å². The van der Waals surface area contributed by atoms with Crippen molar-refractivity contribution < 1.29 is 13.2 Å². The highest BCUT2D eigenvalue weighted by molar-refractivity contribution is 7.88. The highest BCUT2D eigenvalue weighted by Crippen LogP contribution is 2.21. The number of amides is 1. The fourth-order valence-corrected chi connectivity index (χ4v) is 6.21. The highest BCUT2D eigenvalue weighted by atomic mass is 32.2. The Balaban J connectivity index is 1.42. The van der Waals surface area contributed by atoms with E-state index >= 15 is 0 Å². The van der Waals surface area contributed by atoms with Crippen LogP contribution in [0.25, 0.3) is 0 Å². The highest BCUT2D eigenvalue weighted by Gasteiger charge is 2.25. The van der Waals surface area contributed by atoms with Gasteiger partial charge in [0, 0.05) is 38.3 Å². The van der Waals surface area contributed by atoms with Crippen LogP contribution >= 0.6 is 0 Å². The van der Waals surface area contributed by atoms with Gasteiger partial charge in [-0.05, 0) is 61.8 Å². The van der Waals surface area contributed by atoms with Crippen molar-refractivity contribution in [1.29, 1.82) is 0 Å². The Morgan fingerprint density at radius 2 is 1.69 bits per heavy atom. The molecule has 1 N–H and O–H groups in total. The van der Waals surface area contributed by atoms with E-state index in [-0.39, 0.29) is 11.7 Å². The Kier molecular flexibility index (Phi) is 7.71. The first-order chi connectivity index (χ1) is 13.8. The molecule has 1 amide bonds. The summed E-state index contributed by atoms with van der Waals surface area (Å²) >= 11 is 0. The van der Waals surface area contributed by atoms with Gasteiger partial charge in [0.15, 0.2) is 0 Å². The molecule has 0 saturated carbocycles. The standard InChI is InChI=1S/C22H35N3O3S/c1-18-14-19(2)16-24(15-18)11-5-10-23-22(26)21-8-6-20(7-9-21)17-29(27,28)25-12-3-4-13-25/h6-9,18-19H,3-5,10-17H2,1-2H3,(H,23,26)/t18-,19+. The van der Waals surface area contributed by atoms with Gasteiger partial charge in [-0.3, -0.25) is 4.79 Å². The maximum Gasteiger partial charge on any atom is 0.251 e. The lowest BCUT2D eigenvalue weighted by Gasteiger charge is -2.34. The van der Waals surface area contributed by atoms with E-state index in [2.05, 4.69) is 24.1 Å². The van der Waals surface area contributed by atoms with E-state index in [0.29, 0.717) is 25.2 Å². The number of piperidine rings is 1. The molecule has 2 aliphatic rings. The average Bonchev–Trinajstić information content (AvgIpc) is 3.20. The van der Waals surface area contributed by atoms with Gasteiger partial charge in [-0.15, -0.1) is 0 Å². The largest absolute Gasteiger partial charge is 0.352 e. The molecule has 2 atom stereocenters. The lowest BCUT2D eigenvalue weighted by molar-refractivity contribution is 0.0947. The van der Waals surface area contributed by atoms with Crippen molar-refractivity contribution in [1.82, 2.24) is 14.5 Å². The number of hydrogen-bond acceptors (Lipinski definition) is 4. The van der Waals surface area contributed by atoms with Crippen molar-refractivity contribution in [2.75, 3.05) is 39.3 Å². The smallest absolute Gasteiger partial charge is 0.251 e. The van der Waals surface area contributed by atoms with Crippen molar-refractivity contribution >= 4 is 15.9 Å². The molecule has 2 fully saturated rings. The normalized spacial score (nSPS) is 23.9. The van der Waals surface area contributed by atoms with Crippen LogP contribution in [0.4, 0.5) is 0 Å². The van der Waals surface area contributed by atoms with E-state index in [1.165, 1.54) is 6.42 Å². The molecule has 3 rings (SSSR count). The number of likely N-dealkylation sites (tertiary alicyclic amines) is 1. The van der Waals surface area contributed by atoms with Gasteiger partial charge in [0.2, 0.25) is 10.0 Å². The monoisotopic (exact) mass is 421 g/mol. The zero-order chi connectivity index (χ0) is 20.9. The van der Waals surface area contributed by atoms with Gasteiger partial charge >= 0.3 is 0 Å². The van der Waals surface area contributed by atoms with E-state index in [1.54, 1.807) is 28.6 Å². The minimum Gasteiger partial charge on any atom is -0.352 e. The van der Waals surface area contributed by atoms with Crippen molar-refractivity contribution in [2.24, 2.45) is 11.8 Å². The van der Waals surface area contributed by atoms with E-state index in [4.69, 9.17) is 0 Å². The van der Waals surface area contributed by atoms with Crippen LogP contribution in [-0.4, -0.2) is 62.8 Å². The van der Waals surface area contributed by atoms with Gasteiger partial charge in [0.05, 0.1) is 5.75 Å². The summed E-state index contributed by atoms with van der Waals surface area (Å²) in [4.78, 5) is 14.9. The second kappa shape index (κ2) is 10.0. The predicted octanol–water partition coefficient (Wildman–Crippen LogP) is 2.71. The average molecular weight is 422 g/mol. The molecular formula is C22H35N3O3S. The lowest BCUT2D eigenvalue weighted by Crippen LogP contribution is -2.40. The molecule has 0 aliphatic carbocycles. The lowest BCUT2D eigenvalue weighted by atomic mass is 9.92. The molecule has 0 aromatic heterocycles. The van der Waals surface area contributed by atoms with Crippen LogP contribution in [0.1, 0.15) is 55.5 Å². The zero-order valence-corrected chi connectivity index (χ0v) is 18.6. The third-order valence-corrected chi connectivity index (χ3v) is 7.75. The van der Waals surface area contributed by atoms with E-state index in [9.17, 15) is 13.2 Å². The van der Waals surface area contributed by atoms with Gasteiger partial charge in [0.25, 0.3) is 5.91 Å². The first-order valence-corrected chi connectivity index (χ1v) is 12.5. The van der Waals surface area contributed by atoms with Crippen LogP contribution in [-0.2, 0) is 15.8 Å².